The van der Waals surface area contributed by atoms with Gasteiger partial charge in [0.2, 0.25) is 0 Å². The quantitative estimate of drug-likeness (QED) is 0.912. The van der Waals surface area contributed by atoms with Crippen molar-refractivity contribution >= 4 is 0 Å². The maximum Gasteiger partial charge on any atom is 0.132 e. The lowest BCUT2D eigenvalue weighted by molar-refractivity contribution is 0.420. The second kappa shape index (κ2) is 5.89. The van der Waals surface area contributed by atoms with E-state index in [2.05, 4.69) is 41.0 Å². The van der Waals surface area contributed by atoms with Gasteiger partial charge in [0.15, 0.2) is 0 Å². The molecular formula is C15H20N4. The van der Waals surface area contributed by atoms with E-state index in [4.69, 9.17) is 0 Å². The van der Waals surface area contributed by atoms with Crippen molar-refractivity contribution in [1.82, 2.24) is 20.3 Å². The fourth-order valence-electron chi connectivity index (χ4n) is 1.66. The molecule has 0 saturated heterocycles. The molecule has 1 N–H and O–H groups in total. The van der Waals surface area contributed by atoms with E-state index in [-0.39, 0.29) is 5.54 Å². The molecule has 0 amide bonds. The van der Waals surface area contributed by atoms with Crippen LogP contribution >= 0.6 is 0 Å². The normalized spacial score (nSPS) is 11.5. The summed E-state index contributed by atoms with van der Waals surface area (Å²) in [7, 11) is 0. The molecule has 4 heteroatoms. The molecule has 100 valence electrons. The largest absolute Gasteiger partial charge is 0.306 e. The monoisotopic (exact) mass is 256 g/mol. The first-order chi connectivity index (χ1) is 9.03. The van der Waals surface area contributed by atoms with Crippen molar-refractivity contribution in [2.45, 2.75) is 39.3 Å². The molecule has 0 aromatic carbocycles. The van der Waals surface area contributed by atoms with E-state index in [1.165, 1.54) is 5.56 Å². The first-order valence-corrected chi connectivity index (χ1v) is 6.48. The Morgan fingerprint density at radius 2 is 1.79 bits per heavy atom. The average Bonchev–Trinajstić information content (AvgIpc) is 2.37. The fourth-order valence-corrected chi connectivity index (χ4v) is 1.66. The molecule has 0 aliphatic rings. The van der Waals surface area contributed by atoms with E-state index >= 15 is 0 Å². The number of pyridine rings is 1. The molecule has 0 fully saturated rings. The SMILES string of the molecule is CC(C)(C)NCc1ccnc(Cc2ccncc2)n1. The van der Waals surface area contributed by atoms with Crippen LogP contribution in [0.1, 0.15) is 37.9 Å². The number of nitrogens with zero attached hydrogens (tertiary/aromatic N) is 3. The first kappa shape index (κ1) is 13.6. The van der Waals surface area contributed by atoms with Crippen LogP contribution in [0.4, 0.5) is 0 Å². The molecule has 0 aliphatic carbocycles. The van der Waals surface area contributed by atoms with Crippen molar-refractivity contribution < 1.29 is 0 Å². The lowest BCUT2D eigenvalue weighted by Crippen LogP contribution is -2.35. The highest BCUT2D eigenvalue weighted by Crippen LogP contribution is 2.06. The summed E-state index contributed by atoms with van der Waals surface area (Å²) in [6.07, 6.45) is 6.15. The minimum Gasteiger partial charge on any atom is -0.306 e. The highest BCUT2D eigenvalue weighted by atomic mass is 15.0. The second-order valence-electron chi connectivity index (χ2n) is 5.60. The van der Waals surface area contributed by atoms with Gasteiger partial charge in [0.05, 0.1) is 5.69 Å². The molecule has 0 aliphatic heterocycles. The van der Waals surface area contributed by atoms with E-state index < -0.39 is 0 Å². The summed E-state index contributed by atoms with van der Waals surface area (Å²) in [4.78, 5) is 12.9. The topological polar surface area (TPSA) is 50.7 Å². The summed E-state index contributed by atoms with van der Waals surface area (Å²) < 4.78 is 0. The lowest BCUT2D eigenvalue weighted by atomic mass is 10.1. The van der Waals surface area contributed by atoms with E-state index in [1.807, 2.05) is 24.4 Å². The minimum atomic E-state index is 0.0935. The van der Waals surface area contributed by atoms with Crippen LogP contribution in [0.25, 0.3) is 0 Å². The van der Waals surface area contributed by atoms with Gasteiger partial charge in [-0.1, -0.05) is 0 Å². The van der Waals surface area contributed by atoms with E-state index in [0.29, 0.717) is 0 Å². The maximum absolute atomic E-state index is 4.58. The van der Waals surface area contributed by atoms with Crippen molar-refractivity contribution in [2.24, 2.45) is 0 Å². The molecule has 2 rings (SSSR count). The van der Waals surface area contributed by atoms with Crippen LogP contribution in [0.5, 0.6) is 0 Å². The third-order valence-electron chi connectivity index (χ3n) is 2.67. The Kier molecular flexibility index (Phi) is 4.22. The van der Waals surface area contributed by atoms with Gasteiger partial charge in [-0.05, 0) is 44.5 Å². The van der Waals surface area contributed by atoms with Gasteiger partial charge < -0.3 is 5.32 Å². The summed E-state index contributed by atoms with van der Waals surface area (Å²) in [5.74, 6) is 0.847. The average molecular weight is 256 g/mol. The molecule has 0 bridgehead atoms. The van der Waals surface area contributed by atoms with Crippen LogP contribution in [0.15, 0.2) is 36.8 Å². The van der Waals surface area contributed by atoms with Gasteiger partial charge in [-0.2, -0.15) is 0 Å². The van der Waals surface area contributed by atoms with Crippen LogP contribution < -0.4 is 5.32 Å². The van der Waals surface area contributed by atoms with Crippen LogP contribution in [0.3, 0.4) is 0 Å². The molecule has 19 heavy (non-hydrogen) atoms. The van der Waals surface area contributed by atoms with Crippen molar-refractivity contribution in [2.75, 3.05) is 0 Å². The molecule has 2 heterocycles. The predicted molar refractivity (Wildman–Crippen MR) is 75.7 cm³/mol. The minimum absolute atomic E-state index is 0.0935. The van der Waals surface area contributed by atoms with E-state index in [0.717, 1.165) is 24.5 Å². The van der Waals surface area contributed by atoms with Gasteiger partial charge in [0.25, 0.3) is 0 Å². The van der Waals surface area contributed by atoms with Crippen LogP contribution in [-0.2, 0) is 13.0 Å². The summed E-state index contributed by atoms with van der Waals surface area (Å²) >= 11 is 0. The van der Waals surface area contributed by atoms with Gasteiger partial charge in [-0.25, -0.2) is 9.97 Å². The van der Waals surface area contributed by atoms with Crippen LogP contribution in [-0.4, -0.2) is 20.5 Å². The summed E-state index contributed by atoms with van der Waals surface area (Å²) in [6.45, 7) is 7.19. The Morgan fingerprint density at radius 3 is 2.47 bits per heavy atom. The zero-order chi connectivity index (χ0) is 13.7. The zero-order valence-corrected chi connectivity index (χ0v) is 11.7. The second-order valence-corrected chi connectivity index (χ2v) is 5.60. The van der Waals surface area contributed by atoms with Crippen LogP contribution in [0.2, 0.25) is 0 Å². The standard InChI is InChI=1S/C15H20N4/c1-15(2,3)18-11-13-6-9-17-14(19-13)10-12-4-7-16-8-5-12/h4-9,18H,10-11H2,1-3H3. The molecule has 0 unspecified atom stereocenters. The number of nitrogens with one attached hydrogen (secondary N) is 1. The Bertz CT molecular complexity index is 517. The van der Waals surface area contributed by atoms with Crippen molar-refractivity contribution in [3.63, 3.8) is 0 Å². The maximum atomic E-state index is 4.58. The van der Waals surface area contributed by atoms with Gasteiger partial charge in [-0.3, -0.25) is 4.98 Å². The van der Waals surface area contributed by atoms with Gasteiger partial charge in [0.1, 0.15) is 5.82 Å². The third-order valence-corrected chi connectivity index (χ3v) is 2.67. The molecule has 0 saturated carbocycles. The number of hydrogen-bond donors (Lipinski definition) is 1. The third kappa shape index (κ3) is 4.75. The lowest BCUT2D eigenvalue weighted by Gasteiger charge is -2.20. The Hall–Kier alpha value is -1.81. The van der Waals surface area contributed by atoms with Gasteiger partial charge in [0, 0.05) is 37.1 Å². The predicted octanol–water partition coefficient (Wildman–Crippen LogP) is 2.35. The van der Waals surface area contributed by atoms with Crippen molar-refractivity contribution in [3.8, 4) is 0 Å². The van der Waals surface area contributed by atoms with Crippen LogP contribution in [0, 0.1) is 0 Å². The summed E-state index contributed by atoms with van der Waals surface area (Å²) in [6, 6.07) is 5.93. The number of aromatic nitrogens is 3. The molecule has 0 radical (unpaired) electrons. The first-order valence-electron chi connectivity index (χ1n) is 6.48. The fraction of sp³-hybridized carbons (Fsp3) is 0.400. The van der Waals surface area contributed by atoms with Gasteiger partial charge in [-0.15, -0.1) is 0 Å². The smallest absolute Gasteiger partial charge is 0.132 e. The molecule has 4 nitrogen and oxygen atoms in total. The highest BCUT2D eigenvalue weighted by molar-refractivity contribution is 5.16. The molecular weight excluding hydrogens is 236 g/mol. The number of hydrogen-bond acceptors (Lipinski definition) is 4. The Labute approximate surface area is 114 Å². The molecule has 2 aromatic rings. The van der Waals surface area contributed by atoms with Crippen molar-refractivity contribution in [1.29, 1.82) is 0 Å². The zero-order valence-electron chi connectivity index (χ0n) is 11.7. The number of rotatable bonds is 4. The molecule has 2 aromatic heterocycles. The highest BCUT2D eigenvalue weighted by Gasteiger charge is 2.09. The summed E-state index contributed by atoms with van der Waals surface area (Å²) in [5.41, 5.74) is 2.29. The molecule has 0 spiro atoms. The van der Waals surface area contributed by atoms with Gasteiger partial charge >= 0.3 is 0 Å². The van der Waals surface area contributed by atoms with E-state index in [9.17, 15) is 0 Å². The Morgan fingerprint density at radius 1 is 1.05 bits per heavy atom. The summed E-state index contributed by atoms with van der Waals surface area (Å²) in [5, 5.41) is 3.43. The molecule has 0 atom stereocenters. The van der Waals surface area contributed by atoms with Crippen molar-refractivity contribution in [3.05, 3.63) is 53.9 Å². The Balaban J connectivity index is 2.03. The van der Waals surface area contributed by atoms with E-state index in [1.54, 1.807) is 12.4 Å².